The predicted molar refractivity (Wildman–Crippen MR) is 40.1 cm³/mol. The van der Waals surface area contributed by atoms with E-state index in [0.717, 1.165) is 13.1 Å². The third kappa shape index (κ3) is 4.29. The smallest absolute Gasteiger partial charge is 0.235 e. The summed E-state index contributed by atoms with van der Waals surface area (Å²) in [4.78, 5) is 12.6. The Morgan fingerprint density at radius 2 is 2.30 bits per heavy atom. The number of carbonyl (C=O) groups excluding carboxylic acids is 1. The van der Waals surface area contributed by atoms with E-state index in [1.54, 1.807) is 0 Å². The van der Waals surface area contributed by atoms with E-state index in [-0.39, 0.29) is 5.91 Å². The zero-order valence-corrected chi connectivity index (χ0v) is 6.55. The third-order valence-corrected chi connectivity index (χ3v) is 1.42. The van der Waals surface area contributed by atoms with Crippen molar-refractivity contribution in [3.05, 3.63) is 0 Å². The van der Waals surface area contributed by atoms with Crippen molar-refractivity contribution in [1.82, 2.24) is 10.3 Å². The van der Waals surface area contributed by atoms with E-state index in [0.29, 0.717) is 6.42 Å². The molecule has 0 bridgehead atoms. The average molecular weight is 145 g/mol. The first-order valence-corrected chi connectivity index (χ1v) is 3.38. The molecule has 0 saturated heterocycles. The summed E-state index contributed by atoms with van der Waals surface area (Å²) in [7, 11) is 1.96. The lowest BCUT2D eigenvalue weighted by Gasteiger charge is -2.11. The van der Waals surface area contributed by atoms with E-state index in [2.05, 4.69) is 10.3 Å². The molecule has 0 aromatic heterocycles. The molecule has 60 valence electrons. The number of hydrogen-bond donors (Lipinski definition) is 2. The zero-order valence-electron chi connectivity index (χ0n) is 6.55. The summed E-state index contributed by atoms with van der Waals surface area (Å²) < 4.78 is 0. The normalized spacial score (nSPS) is 10.0. The first-order valence-electron chi connectivity index (χ1n) is 3.38. The van der Waals surface area contributed by atoms with Crippen molar-refractivity contribution in [2.45, 2.75) is 13.3 Å². The molecule has 3 N–H and O–H groups in total. The highest BCUT2D eigenvalue weighted by atomic mass is 16.2. The molecule has 0 spiro atoms. The van der Waals surface area contributed by atoms with E-state index in [4.69, 9.17) is 5.84 Å². The second kappa shape index (κ2) is 5.20. The molecule has 0 saturated carbocycles. The Bertz CT molecular complexity index is 105. The van der Waals surface area contributed by atoms with Crippen molar-refractivity contribution >= 4 is 5.91 Å². The molecule has 0 unspecified atom stereocenters. The molecule has 0 aliphatic carbocycles. The molecule has 1 amide bonds. The number of hydrazine groups is 1. The number of hydrogen-bond acceptors (Lipinski definition) is 3. The first-order chi connectivity index (χ1) is 4.70. The largest absolute Gasteiger partial charge is 0.306 e. The molecule has 0 heterocycles. The summed E-state index contributed by atoms with van der Waals surface area (Å²) in [5.41, 5.74) is 2.08. The van der Waals surface area contributed by atoms with Crippen LogP contribution in [0.4, 0.5) is 0 Å². The van der Waals surface area contributed by atoms with E-state index in [9.17, 15) is 4.79 Å². The molecule has 0 radical (unpaired) electrons. The van der Waals surface area contributed by atoms with Crippen molar-refractivity contribution < 1.29 is 4.79 Å². The van der Waals surface area contributed by atoms with Gasteiger partial charge in [0.2, 0.25) is 5.91 Å². The summed E-state index contributed by atoms with van der Waals surface area (Å²) >= 11 is 0. The van der Waals surface area contributed by atoms with E-state index >= 15 is 0 Å². The van der Waals surface area contributed by atoms with Crippen LogP contribution >= 0.6 is 0 Å². The van der Waals surface area contributed by atoms with Gasteiger partial charge >= 0.3 is 0 Å². The molecule has 0 aliphatic heterocycles. The van der Waals surface area contributed by atoms with Gasteiger partial charge in [0.25, 0.3) is 0 Å². The highest BCUT2D eigenvalue weighted by Gasteiger charge is 1.99. The van der Waals surface area contributed by atoms with Gasteiger partial charge in [-0.15, -0.1) is 0 Å². The summed E-state index contributed by atoms with van der Waals surface area (Å²) in [5, 5.41) is 0. The van der Waals surface area contributed by atoms with Crippen molar-refractivity contribution in [2.24, 2.45) is 5.84 Å². The van der Waals surface area contributed by atoms with Crippen LogP contribution in [0, 0.1) is 0 Å². The Morgan fingerprint density at radius 1 is 1.70 bits per heavy atom. The second-order valence-corrected chi connectivity index (χ2v) is 2.21. The lowest BCUT2D eigenvalue weighted by molar-refractivity contribution is -0.121. The van der Waals surface area contributed by atoms with Crippen LogP contribution in [0.15, 0.2) is 0 Å². The van der Waals surface area contributed by atoms with Gasteiger partial charge in [0, 0.05) is 13.0 Å². The number of amides is 1. The molecule has 4 heteroatoms. The van der Waals surface area contributed by atoms with Gasteiger partial charge in [-0.1, -0.05) is 6.92 Å². The Hall–Kier alpha value is -0.610. The van der Waals surface area contributed by atoms with E-state index < -0.39 is 0 Å². The number of rotatable bonds is 4. The SMILES string of the molecule is CCN(C)CCC(=O)NN. The van der Waals surface area contributed by atoms with Crippen LogP contribution in [-0.4, -0.2) is 30.9 Å². The fourth-order valence-corrected chi connectivity index (χ4v) is 0.523. The Kier molecular flexibility index (Phi) is 4.88. The van der Waals surface area contributed by atoms with Gasteiger partial charge in [-0.25, -0.2) is 5.84 Å². The van der Waals surface area contributed by atoms with Crippen LogP contribution in [-0.2, 0) is 4.79 Å². The fourth-order valence-electron chi connectivity index (χ4n) is 0.523. The fraction of sp³-hybridized carbons (Fsp3) is 0.833. The Balaban J connectivity index is 3.26. The van der Waals surface area contributed by atoms with Crippen LogP contribution < -0.4 is 11.3 Å². The number of nitrogens with one attached hydrogen (secondary N) is 1. The minimum absolute atomic E-state index is 0.111. The third-order valence-electron chi connectivity index (χ3n) is 1.42. The average Bonchev–Trinajstić information content (AvgIpc) is 1.99. The predicted octanol–water partition coefficient (Wildman–Crippen LogP) is -0.682. The highest BCUT2D eigenvalue weighted by molar-refractivity contribution is 5.75. The minimum Gasteiger partial charge on any atom is -0.306 e. The van der Waals surface area contributed by atoms with Gasteiger partial charge in [0.1, 0.15) is 0 Å². The van der Waals surface area contributed by atoms with Gasteiger partial charge in [-0.2, -0.15) is 0 Å². The van der Waals surface area contributed by atoms with Crippen molar-refractivity contribution in [2.75, 3.05) is 20.1 Å². The minimum atomic E-state index is -0.111. The number of nitrogens with zero attached hydrogens (tertiary/aromatic N) is 1. The molecule has 0 fully saturated rings. The number of carbonyl (C=O) groups is 1. The van der Waals surface area contributed by atoms with Gasteiger partial charge < -0.3 is 4.90 Å². The second-order valence-electron chi connectivity index (χ2n) is 2.21. The summed E-state index contributed by atoms with van der Waals surface area (Å²) in [6.45, 7) is 3.76. The van der Waals surface area contributed by atoms with Crippen LogP contribution in [0.25, 0.3) is 0 Å². The molecule has 4 nitrogen and oxygen atoms in total. The molecule has 0 aliphatic rings. The first kappa shape index (κ1) is 9.39. The Labute approximate surface area is 61.3 Å². The van der Waals surface area contributed by atoms with Gasteiger partial charge in [-0.3, -0.25) is 10.2 Å². The van der Waals surface area contributed by atoms with E-state index in [1.165, 1.54) is 0 Å². The molecule has 0 aromatic rings. The van der Waals surface area contributed by atoms with Crippen LogP contribution in [0.3, 0.4) is 0 Å². The topological polar surface area (TPSA) is 58.4 Å². The summed E-state index contributed by atoms with van der Waals surface area (Å²) in [6.07, 6.45) is 0.473. The summed E-state index contributed by atoms with van der Waals surface area (Å²) in [6, 6.07) is 0. The quantitative estimate of drug-likeness (QED) is 0.313. The molecule has 0 atom stereocenters. The maximum Gasteiger partial charge on any atom is 0.235 e. The van der Waals surface area contributed by atoms with Gasteiger partial charge in [-0.05, 0) is 13.6 Å². The molecular formula is C6H15N3O. The molecule has 0 aromatic carbocycles. The monoisotopic (exact) mass is 145 g/mol. The van der Waals surface area contributed by atoms with E-state index in [1.807, 2.05) is 14.0 Å². The van der Waals surface area contributed by atoms with Crippen LogP contribution in [0.2, 0.25) is 0 Å². The lowest BCUT2D eigenvalue weighted by Crippen LogP contribution is -2.33. The molecule has 10 heavy (non-hydrogen) atoms. The van der Waals surface area contributed by atoms with Crippen molar-refractivity contribution in [3.8, 4) is 0 Å². The van der Waals surface area contributed by atoms with Crippen LogP contribution in [0.1, 0.15) is 13.3 Å². The molecule has 0 rings (SSSR count). The molecular weight excluding hydrogens is 130 g/mol. The van der Waals surface area contributed by atoms with Gasteiger partial charge in [0.05, 0.1) is 0 Å². The standard InChI is InChI=1S/C6H15N3O/c1-3-9(2)5-4-6(10)8-7/h3-5,7H2,1-2H3,(H,8,10). The zero-order chi connectivity index (χ0) is 7.98. The van der Waals surface area contributed by atoms with Gasteiger partial charge in [0.15, 0.2) is 0 Å². The highest BCUT2D eigenvalue weighted by Crippen LogP contribution is 1.84. The van der Waals surface area contributed by atoms with Crippen molar-refractivity contribution in [3.63, 3.8) is 0 Å². The maximum absolute atomic E-state index is 10.6. The summed E-state index contributed by atoms with van der Waals surface area (Å²) in [5.74, 6) is 4.77. The van der Waals surface area contributed by atoms with Crippen LogP contribution in [0.5, 0.6) is 0 Å². The maximum atomic E-state index is 10.6. The number of nitrogens with two attached hydrogens (primary N) is 1. The van der Waals surface area contributed by atoms with Crippen molar-refractivity contribution in [1.29, 1.82) is 0 Å². The lowest BCUT2D eigenvalue weighted by atomic mass is 10.4. The Morgan fingerprint density at radius 3 is 2.70 bits per heavy atom.